The molecule has 5 heteroatoms. The molecule has 0 fully saturated rings. The van der Waals surface area contributed by atoms with E-state index in [2.05, 4.69) is 44.8 Å². The second-order valence-electron chi connectivity index (χ2n) is 6.06. The van der Waals surface area contributed by atoms with Crippen molar-refractivity contribution in [3.05, 3.63) is 65.5 Å². The minimum Gasteiger partial charge on any atom is -0.378 e. The molecule has 0 aromatic heterocycles. The van der Waals surface area contributed by atoms with Gasteiger partial charge in [0.25, 0.3) is 0 Å². The number of benzene rings is 2. The zero-order chi connectivity index (χ0) is 18.1. The van der Waals surface area contributed by atoms with Gasteiger partial charge in [0.2, 0.25) is 0 Å². The fraction of sp³-hybridized carbons (Fsp3) is 0.350. The monoisotopic (exact) mass is 342 g/mol. The molecule has 0 saturated carbocycles. The average Bonchev–Trinajstić information content (AvgIpc) is 2.61. The van der Waals surface area contributed by atoms with Gasteiger partial charge in [0, 0.05) is 32.9 Å². The van der Waals surface area contributed by atoms with Gasteiger partial charge in [-0.25, -0.2) is 9.38 Å². The maximum absolute atomic E-state index is 12.9. The summed E-state index contributed by atoms with van der Waals surface area (Å²) in [5.41, 5.74) is 3.45. The van der Waals surface area contributed by atoms with E-state index in [-0.39, 0.29) is 5.82 Å². The third-order valence-electron chi connectivity index (χ3n) is 3.84. The van der Waals surface area contributed by atoms with Crippen LogP contribution in [0.15, 0.2) is 53.5 Å². The van der Waals surface area contributed by atoms with Gasteiger partial charge in [0.15, 0.2) is 5.96 Å². The van der Waals surface area contributed by atoms with Gasteiger partial charge in [-0.2, -0.15) is 0 Å². The van der Waals surface area contributed by atoms with E-state index in [9.17, 15) is 4.39 Å². The van der Waals surface area contributed by atoms with Crippen LogP contribution in [0.1, 0.15) is 18.1 Å². The molecule has 0 aliphatic rings. The van der Waals surface area contributed by atoms with Crippen LogP contribution in [0.25, 0.3) is 0 Å². The van der Waals surface area contributed by atoms with Gasteiger partial charge >= 0.3 is 0 Å². The maximum atomic E-state index is 12.9. The van der Waals surface area contributed by atoms with E-state index >= 15 is 0 Å². The van der Waals surface area contributed by atoms with Crippen LogP contribution in [0.2, 0.25) is 0 Å². The Morgan fingerprint density at radius 1 is 0.960 bits per heavy atom. The number of halogens is 1. The first-order chi connectivity index (χ1) is 12.1. The van der Waals surface area contributed by atoms with Crippen LogP contribution in [0.4, 0.5) is 10.1 Å². The Labute approximate surface area is 149 Å². The molecule has 0 aliphatic heterocycles. The zero-order valence-corrected chi connectivity index (χ0v) is 15.2. The van der Waals surface area contributed by atoms with Gasteiger partial charge in [-0.3, -0.25) is 0 Å². The molecule has 2 aromatic carbocycles. The summed E-state index contributed by atoms with van der Waals surface area (Å²) < 4.78 is 12.9. The molecule has 0 bridgehead atoms. The molecule has 0 radical (unpaired) electrons. The van der Waals surface area contributed by atoms with Crippen molar-refractivity contribution in [1.29, 1.82) is 0 Å². The Morgan fingerprint density at radius 2 is 1.60 bits per heavy atom. The van der Waals surface area contributed by atoms with Crippen LogP contribution in [-0.4, -0.2) is 33.1 Å². The zero-order valence-electron chi connectivity index (χ0n) is 15.2. The summed E-state index contributed by atoms with van der Waals surface area (Å²) in [5.74, 6) is 0.591. The minimum atomic E-state index is -0.202. The molecule has 0 aliphatic carbocycles. The van der Waals surface area contributed by atoms with Crippen molar-refractivity contribution in [1.82, 2.24) is 10.6 Å². The Morgan fingerprint density at radius 3 is 2.20 bits per heavy atom. The molecule has 0 unspecified atom stereocenters. The van der Waals surface area contributed by atoms with Crippen LogP contribution in [0.5, 0.6) is 0 Å². The lowest BCUT2D eigenvalue weighted by Crippen LogP contribution is -2.38. The summed E-state index contributed by atoms with van der Waals surface area (Å²) in [6.07, 6.45) is 0.822. The molecule has 0 heterocycles. The normalized spacial score (nSPS) is 11.3. The van der Waals surface area contributed by atoms with Crippen molar-refractivity contribution in [3.63, 3.8) is 0 Å². The number of aliphatic imine (C=N–C) groups is 1. The quantitative estimate of drug-likeness (QED) is 0.600. The summed E-state index contributed by atoms with van der Waals surface area (Å²) >= 11 is 0. The number of guanidine groups is 1. The van der Waals surface area contributed by atoms with E-state index in [0.29, 0.717) is 6.54 Å². The predicted octanol–water partition coefficient (Wildman–Crippen LogP) is 3.19. The number of rotatable bonds is 7. The lowest BCUT2D eigenvalue weighted by atomic mass is 10.1. The molecule has 0 atom stereocenters. The molecule has 0 spiro atoms. The third kappa shape index (κ3) is 6.45. The van der Waals surface area contributed by atoms with Crippen LogP contribution in [0.3, 0.4) is 0 Å². The van der Waals surface area contributed by atoms with E-state index in [1.807, 2.05) is 33.2 Å². The molecule has 25 heavy (non-hydrogen) atoms. The summed E-state index contributed by atoms with van der Waals surface area (Å²) in [5, 5.41) is 6.57. The second kappa shape index (κ2) is 9.67. The van der Waals surface area contributed by atoms with Crippen molar-refractivity contribution < 1.29 is 4.39 Å². The lowest BCUT2D eigenvalue weighted by Gasteiger charge is -2.13. The molecule has 2 N–H and O–H groups in total. The molecular weight excluding hydrogens is 315 g/mol. The van der Waals surface area contributed by atoms with Crippen LogP contribution in [-0.2, 0) is 13.0 Å². The lowest BCUT2D eigenvalue weighted by molar-refractivity contribution is 0.626. The van der Waals surface area contributed by atoms with Crippen molar-refractivity contribution in [2.24, 2.45) is 4.99 Å². The van der Waals surface area contributed by atoms with Gasteiger partial charge in [-0.15, -0.1) is 0 Å². The Bertz CT molecular complexity index is 663. The van der Waals surface area contributed by atoms with E-state index in [1.165, 1.54) is 23.4 Å². The van der Waals surface area contributed by atoms with Gasteiger partial charge < -0.3 is 15.5 Å². The van der Waals surface area contributed by atoms with Crippen LogP contribution in [0, 0.1) is 5.82 Å². The van der Waals surface area contributed by atoms with Gasteiger partial charge in [0.1, 0.15) is 5.82 Å². The van der Waals surface area contributed by atoms with E-state index in [1.54, 1.807) is 0 Å². The summed E-state index contributed by atoms with van der Waals surface area (Å²) in [6, 6.07) is 15.0. The van der Waals surface area contributed by atoms with E-state index in [4.69, 9.17) is 0 Å². The Balaban J connectivity index is 1.87. The molecular formula is C20H27FN4. The van der Waals surface area contributed by atoms with Crippen molar-refractivity contribution in [3.8, 4) is 0 Å². The van der Waals surface area contributed by atoms with E-state index in [0.717, 1.165) is 31.0 Å². The largest absolute Gasteiger partial charge is 0.378 e. The van der Waals surface area contributed by atoms with Crippen molar-refractivity contribution >= 4 is 11.6 Å². The number of nitrogens with one attached hydrogen (secondary N) is 2. The standard InChI is InChI=1S/C20H27FN4/c1-4-22-20(23-14-13-16-5-9-18(21)10-6-16)24-15-17-7-11-19(12-8-17)25(2)3/h5-12H,4,13-15H2,1-3H3,(H2,22,23,24). The summed E-state index contributed by atoms with van der Waals surface area (Å²) in [7, 11) is 4.06. The molecule has 2 rings (SSSR count). The van der Waals surface area contributed by atoms with Crippen molar-refractivity contribution in [2.75, 3.05) is 32.1 Å². The number of nitrogens with zero attached hydrogens (tertiary/aromatic N) is 2. The first-order valence-corrected chi connectivity index (χ1v) is 8.61. The van der Waals surface area contributed by atoms with Crippen molar-refractivity contribution in [2.45, 2.75) is 19.9 Å². The van der Waals surface area contributed by atoms with Crippen LogP contribution >= 0.6 is 0 Å². The van der Waals surface area contributed by atoms with Gasteiger partial charge in [-0.05, 0) is 48.7 Å². The third-order valence-corrected chi connectivity index (χ3v) is 3.84. The summed E-state index contributed by atoms with van der Waals surface area (Å²) in [6.45, 7) is 4.22. The molecule has 0 saturated heterocycles. The highest BCUT2D eigenvalue weighted by Crippen LogP contribution is 2.12. The topological polar surface area (TPSA) is 39.7 Å². The average molecular weight is 342 g/mol. The highest BCUT2D eigenvalue weighted by molar-refractivity contribution is 5.79. The second-order valence-corrected chi connectivity index (χ2v) is 6.06. The molecule has 4 nitrogen and oxygen atoms in total. The fourth-order valence-corrected chi connectivity index (χ4v) is 2.39. The molecule has 134 valence electrons. The molecule has 2 aromatic rings. The minimum absolute atomic E-state index is 0.202. The highest BCUT2D eigenvalue weighted by Gasteiger charge is 2.00. The fourth-order valence-electron chi connectivity index (χ4n) is 2.39. The predicted molar refractivity (Wildman–Crippen MR) is 104 cm³/mol. The van der Waals surface area contributed by atoms with Crippen LogP contribution < -0.4 is 15.5 Å². The number of hydrogen-bond donors (Lipinski definition) is 2. The number of hydrogen-bond acceptors (Lipinski definition) is 2. The molecule has 0 amide bonds. The highest BCUT2D eigenvalue weighted by atomic mass is 19.1. The number of anilines is 1. The maximum Gasteiger partial charge on any atom is 0.191 e. The van der Waals surface area contributed by atoms with Gasteiger partial charge in [-0.1, -0.05) is 24.3 Å². The first kappa shape index (κ1) is 18.8. The smallest absolute Gasteiger partial charge is 0.191 e. The van der Waals surface area contributed by atoms with Gasteiger partial charge in [0.05, 0.1) is 6.54 Å². The Hall–Kier alpha value is -2.56. The Kier molecular flexibility index (Phi) is 7.26. The first-order valence-electron chi connectivity index (χ1n) is 8.61. The SMILES string of the molecule is CCNC(=NCc1ccc(N(C)C)cc1)NCCc1ccc(F)cc1. The summed E-state index contributed by atoms with van der Waals surface area (Å²) in [4.78, 5) is 6.70. The van der Waals surface area contributed by atoms with E-state index < -0.39 is 0 Å².